The lowest BCUT2D eigenvalue weighted by molar-refractivity contribution is 0.120. The number of ether oxygens (including phenoxy) is 1. The number of rotatable bonds is 5. The molecule has 8 heteroatoms. The van der Waals surface area contributed by atoms with Crippen LogP contribution in [0.3, 0.4) is 0 Å². The molecule has 2 aliphatic heterocycles. The molecule has 0 saturated carbocycles. The number of hydrogen-bond donors (Lipinski definition) is 1. The number of likely N-dealkylation sites (N-methyl/N-ethyl adjacent to an activating group) is 1. The van der Waals surface area contributed by atoms with Crippen LogP contribution in [-0.4, -0.2) is 61.7 Å². The minimum absolute atomic E-state index is 0.0841. The van der Waals surface area contributed by atoms with Crippen LogP contribution in [0.2, 0.25) is 0 Å². The van der Waals surface area contributed by atoms with Gasteiger partial charge in [-0.2, -0.15) is 0 Å². The highest BCUT2D eigenvalue weighted by Crippen LogP contribution is 2.42. The highest BCUT2D eigenvalue weighted by Gasteiger charge is 2.30. The second-order valence-corrected chi connectivity index (χ2v) is 9.94. The summed E-state index contributed by atoms with van der Waals surface area (Å²) in [4.78, 5) is 12.0. The van der Waals surface area contributed by atoms with Crippen LogP contribution in [0.4, 0.5) is 14.6 Å². The van der Waals surface area contributed by atoms with Crippen molar-refractivity contribution in [2.24, 2.45) is 0 Å². The zero-order valence-electron chi connectivity index (χ0n) is 19.1. The number of methoxy groups -OCH3 is 1. The minimum atomic E-state index is -0.689. The summed E-state index contributed by atoms with van der Waals surface area (Å²) in [6.45, 7) is 7.12. The van der Waals surface area contributed by atoms with Crippen LogP contribution >= 0.6 is 11.3 Å². The van der Waals surface area contributed by atoms with Crippen molar-refractivity contribution in [1.82, 2.24) is 14.8 Å². The van der Waals surface area contributed by atoms with E-state index in [4.69, 9.17) is 4.74 Å². The van der Waals surface area contributed by atoms with Crippen LogP contribution in [0.15, 0.2) is 36.5 Å². The van der Waals surface area contributed by atoms with Gasteiger partial charge in [0.05, 0.1) is 7.11 Å². The minimum Gasteiger partial charge on any atom is -0.493 e. The first-order chi connectivity index (χ1) is 15.9. The largest absolute Gasteiger partial charge is 0.493 e. The fourth-order valence-electron chi connectivity index (χ4n) is 4.79. The molecule has 174 valence electrons. The molecule has 2 atom stereocenters. The highest BCUT2D eigenvalue weighted by molar-refractivity contribution is 7.15. The molecule has 2 aromatic heterocycles. The number of nitrogens with one attached hydrogen (secondary N) is 1. The van der Waals surface area contributed by atoms with Gasteiger partial charge in [0.2, 0.25) is 0 Å². The summed E-state index contributed by atoms with van der Waals surface area (Å²) in [6, 6.07) is 9.03. The van der Waals surface area contributed by atoms with Gasteiger partial charge < -0.3 is 15.0 Å². The number of nitrogens with zero attached hydrogens (tertiary/aromatic N) is 3. The van der Waals surface area contributed by atoms with E-state index in [2.05, 4.69) is 52.3 Å². The molecule has 0 aliphatic carbocycles. The first-order valence-corrected chi connectivity index (χ1v) is 12.1. The molecular weight excluding hydrogens is 442 g/mol. The number of thiophene rings is 1. The fraction of sp³-hybridized carbons (Fsp3) is 0.400. The Balaban J connectivity index is 1.43. The Kier molecular flexibility index (Phi) is 6.07. The molecule has 0 radical (unpaired) electrons. The van der Waals surface area contributed by atoms with E-state index in [1.165, 1.54) is 18.1 Å². The third-order valence-corrected chi connectivity index (χ3v) is 8.10. The van der Waals surface area contributed by atoms with Crippen LogP contribution in [0.25, 0.3) is 10.4 Å². The van der Waals surface area contributed by atoms with Crippen molar-refractivity contribution in [3.63, 3.8) is 0 Å². The maximum absolute atomic E-state index is 14.3. The number of aromatic nitrogens is 1. The number of halogens is 2. The second-order valence-electron chi connectivity index (χ2n) is 8.82. The summed E-state index contributed by atoms with van der Waals surface area (Å²) in [5.41, 5.74) is 2.44. The predicted molar refractivity (Wildman–Crippen MR) is 128 cm³/mol. The average Bonchev–Trinajstić information content (AvgIpc) is 3.46. The van der Waals surface area contributed by atoms with Gasteiger partial charge in [0.1, 0.15) is 11.6 Å². The molecule has 0 spiro atoms. The first kappa shape index (κ1) is 22.3. The van der Waals surface area contributed by atoms with E-state index in [-0.39, 0.29) is 11.7 Å². The van der Waals surface area contributed by atoms with E-state index in [1.807, 2.05) is 6.20 Å². The summed E-state index contributed by atoms with van der Waals surface area (Å²) in [5.74, 6) is -0.706. The van der Waals surface area contributed by atoms with Gasteiger partial charge in [-0.15, -0.1) is 11.3 Å². The quantitative estimate of drug-likeness (QED) is 0.571. The molecule has 0 amide bonds. The van der Waals surface area contributed by atoms with E-state index >= 15 is 0 Å². The number of fused-ring (bicyclic) bond motifs is 1. The van der Waals surface area contributed by atoms with Gasteiger partial charge in [0.15, 0.2) is 11.6 Å². The Bertz CT molecular complexity index is 1160. The molecule has 5 rings (SSSR count). The van der Waals surface area contributed by atoms with Gasteiger partial charge in [-0.25, -0.2) is 13.8 Å². The summed E-state index contributed by atoms with van der Waals surface area (Å²) in [6.07, 6.45) is 1.87. The zero-order valence-corrected chi connectivity index (χ0v) is 19.9. The Morgan fingerprint density at radius 1 is 1.12 bits per heavy atom. The van der Waals surface area contributed by atoms with E-state index < -0.39 is 11.6 Å². The van der Waals surface area contributed by atoms with Gasteiger partial charge in [-0.1, -0.05) is 0 Å². The third-order valence-electron chi connectivity index (χ3n) is 6.79. The molecule has 5 nitrogen and oxygen atoms in total. The maximum atomic E-state index is 14.3. The van der Waals surface area contributed by atoms with E-state index in [0.717, 1.165) is 54.1 Å². The van der Waals surface area contributed by atoms with Crippen LogP contribution < -0.4 is 10.1 Å². The molecule has 1 aromatic carbocycles. The molecule has 1 fully saturated rings. The maximum Gasteiger partial charge on any atom is 0.168 e. The van der Waals surface area contributed by atoms with Crippen LogP contribution in [-0.2, 0) is 0 Å². The topological polar surface area (TPSA) is 40.6 Å². The lowest BCUT2D eigenvalue weighted by Crippen LogP contribution is -2.45. The number of hydrogen-bond acceptors (Lipinski definition) is 6. The van der Waals surface area contributed by atoms with Crippen molar-refractivity contribution >= 4 is 17.2 Å². The van der Waals surface area contributed by atoms with E-state index in [0.29, 0.717) is 18.2 Å². The molecule has 0 bridgehead atoms. The fourth-order valence-corrected chi connectivity index (χ4v) is 5.87. The smallest absolute Gasteiger partial charge is 0.168 e. The molecule has 33 heavy (non-hydrogen) atoms. The van der Waals surface area contributed by atoms with Crippen LogP contribution in [0.1, 0.15) is 34.9 Å². The third kappa shape index (κ3) is 4.23. The van der Waals surface area contributed by atoms with Gasteiger partial charge in [0, 0.05) is 83.4 Å². The van der Waals surface area contributed by atoms with Gasteiger partial charge in [0.25, 0.3) is 0 Å². The monoisotopic (exact) mass is 470 g/mol. The van der Waals surface area contributed by atoms with Gasteiger partial charge in [-0.3, -0.25) is 4.90 Å². The SMILES string of the molecule is COc1c(F)cc(F)cc1C1CNc2ncc(-c3ccc(C(C)N4CCN(C)CC4)s3)cc21. The van der Waals surface area contributed by atoms with Crippen molar-refractivity contribution in [2.45, 2.75) is 18.9 Å². The highest BCUT2D eigenvalue weighted by atomic mass is 32.1. The van der Waals surface area contributed by atoms with Crippen LogP contribution in [0.5, 0.6) is 5.75 Å². The first-order valence-electron chi connectivity index (χ1n) is 11.2. The lowest BCUT2D eigenvalue weighted by Gasteiger charge is -2.36. The molecule has 2 unspecified atom stereocenters. The second kappa shape index (κ2) is 9.00. The molecular formula is C25H28F2N4OS. The molecule has 2 aliphatic rings. The van der Waals surface area contributed by atoms with Gasteiger partial charge in [-0.05, 0) is 38.2 Å². The summed E-state index contributed by atoms with van der Waals surface area (Å²) in [7, 11) is 3.58. The Morgan fingerprint density at radius 3 is 2.67 bits per heavy atom. The molecule has 1 saturated heterocycles. The van der Waals surface area contributed by atoms with E-state index in [9.17, 15) is 8.78 Å². The van der Waals surface area contributed by atoms with Crippen molar-refractivity contribution in [3.8, 4) is 16.2 Å². The normalized spacial score (nSPS) is 19.8. The number of pyridine rings is 1. The average molecular weight is 471 g/mol. The van der Waals surface area contributed by atoms with Gasteiger partial charge >= 0.3 is 0 Å². The summed E-state index contributed by atoms with van der Waals surface area (Å²) >= 11 is 1.78. The molecule has 4 heterocycles. The Hall–Kier alpha value is -2.55. The summed E-state index contributed by atoms with van der Waals surface area (Å²) in [5, 5.41) is 3.27. The zero-order chi connectivity index (χ0) is 23.1. The number of benzene rings is 1. The van der Waals surface area contributed by atoms with Crippen molar-refractivity contribution in [3.05, 3.63) is 64.2 Å². The number of anilines is 1. The van der Waals surface area contributed by atoms with Crippen molar-refractivity contribution in [2.75, 3.05) is 52.2 Å². The molecule has 3 aromatic rings. The van der Waals surface area contributed by atoms with Crippen molar-refractivity contribution in [1.29, 1.82) is 0 Å². The van der Waals surface area contributed by atoms with Crippen LogP contribution in [0, 0.1) is 11.6 Å². The standard InChI is InChI=1S/C25H28F2N4OS/c1-15(31-8-6-30(2)7-9-31)22-4-5-23(33-22)16-10-19-20(14-29-25(19)28-13-16)18-11-17(26)12-21(27)24(18)32-3/h4-5,10-13,15,20H,6-9,14H2,1-3H3,(H,28,29). The number of piperazine rings is 1. The Labute approximate surface area is 197 Å². The predicted octanol–water partition coefficient (Wildman–Crippen LogP) is 4.96. The summed E-state index contributed by atoms with van der Waals surface area (Å²) < 4.78 is 33.6. The van der Waals surface area contributed by atoms with E-state index in [1.54, 1.807) is 11.3 Å². The lowest BCUT2D eigenvalue weighted by atomic mass is 9.92. The molecule has 1 N–H and O–H groups in total. The Morgan fingerprint density at radius 2 is 1.91 bits per heavy atom. The van der Waals surface area contributed by atoms with Crippen molar-refractivity contribution < 1.29 is 13.5 Å².